The van der Waals surface area contributed by atoms with E-state index in [0.717, 1.165) is 16.5 Å². The molecule has 0 aliphatic rings. The van der Waals surface area contributed by atoms with Gasteiger partial charge >= 0.3 is 5.97 Å². The van der Waals surface area contributed by atoms with Gasteiger partial charge in [0.2, 0.25) is 0 Å². The van der Waals surface area contributed by atoms with E-state index in [-0.39, 0.29) is 0 Å². The molecule has 3 heteroatoms. The van der Waals surface area contributed by atoms with Crippen molar-refractivity contribution in [1.29, 1.82) is 0 Å². The van der Waals surface area contributed by atoms with Gasteiger partial charge in [0.15, 0.2) is 0 Å². The van der Waals surface area contributed by atoms with Gasteiger partial charge in [-0.05, 0) is 48.1 Å². The molecule has 0 aliphatic heterocycles. The van der Waals surface area contributed by atoms with E-state index in [1.54, 1.807) is 0 Å². The topological polar surface area (TPSA) is 42.2 Å². The van der Waals surface area contributed by atoms with Gasteiger partial charge in [0.05, 0.1) is 0 Å². The average molecular weight is 299 g/mol. The monoisotopic (exact) mass is 299 g/mol. The molecular weight excluding hydrogens is 274 g/mol. The van der Waals surface area contributed by atoms with Crippen molar-refractivity contribution in [1.82, 2.24) is 4.57 Å². The number of fused-ring (bicyclic) bond motifs is 1. The van der Waals surface area contributed by atoms with Crippen LogP contribution < -0.4 is 0 Å². The van der Waals surface area contributed by atoms with Gasteiger partial charge < -0.3 is 9.67 Å². The standard InChI is InChI=1S/C19H25NO2/c1-12(2)19(13(3)4)20-9-8-16-11-15(6-7-17(16)20)14(5)10-18(21)22/h6-13,19H,1-5H3,(H,21,22). The lowest BCUT2D eigenvalue weighted by molar-refractivity contribution is -0.131. The molecule has 0 spiro atoms. The third-order valence-corrected chi connectivity index (χ3v) is 4.20. The van der Waals surface area contributed by atoms with Gasteiger partial charge in [0, 0.05) is 29.2 Å². The number of carboxylic acids is 1. The Balaban J connectivity index is 2.49. The van der Waals surface area contributed by atoms with E-state index >= 15 is 0 Å². The molecule has 3 nitrogen and oxygen atoms in total. The highest BCUT2D eigenvalue weighted by atomic mass is 16.4. The molecule has 0 saturated carbocycles. The fourth-order valence-electron chi connectivity index (χ4n) is 3.35. The van der Waals surface area contributed by atoms with Crippen LogP contribution >= 0.6 is 0 Å². The molecule has 0 fully saturated rings. The molecule has 1 aromatic carbocycles. The van der Waals surface area contributed by atoms with Crippen molar-refractivity contribution in [2.24, 2.45) is 11.8 Å². The predicted octanol–water partition coefficient (Wildman–Crippen LogP) is 4.98. The molecule has 0 aliphatic carbocycles. The minimum atomic E-state index is -0.908. The maximum atomic E-state index is 10.8. The number of carbonyl (C=O) groups is 1. The van der Waals surface area contributed by atoms with Gasteiger partial charge in [-0.3, -0.25) is 0 Å². The minimum absolute atomic E-state index is 0.457. The predicted molar refractivity (Wildman–Crippen MR) is 91.9 cm³/mol. The Morgan fingerprint density at radius 3 is 2.32 bits per heavy atom. The van der Waals surface area contributed by atoms with E-state index < -0.39 is 5.97 Å². The molecule has 1 N–H and O–H groups in total. The zero-order chi connectivity index (χ0) is 16.4. The number of hydrogen-bond acceptors (Lipinski definition) is 1. The molecule has 0 amide bonds. The smallest absolute Gasteiger partial charge is 0.328 e. The van der Waals surface area contributed by atoms with E-state index in [1.165, 1.54) is 11.6 Å². The molecule has 118 valence electrons. The number of aromatic nitrogens is 1. The van der Waals surface area contributed by atoms with Crippen molar-refractivity contribution < 1.29 is 9.90 Å². The first-order chi connectivity index (χ1) is 10.3. The van der Waals surface area contributed by atoms with Crippen molar-refractivity contribution in [2.45, 2.75) is 40.7 Å². The normalized spacial score (nSPS) is 12.8. The lowest BCUT2D eigenvalue weighted by Crippen LogP contribution is -2.19. The summed E-state index contributed by atoms with van der Waals surface area (Å²) in [7, 11) is 0. The van der Waals surface area contributed by atoms with Crippen LogP contribution in [-0.4, -0.2) is 15.6 Å². The number of benzene rings is 1. The Labute approximate surface area is 132 Å². The maximum absolute atomic E-state index is 10.8. The van der Waals surface area contributed by atoms with Crippen LogP contribution in [0.25, 0.3) is 16.5 Å². The van der Waals surface area contributed by atoms with Gasteiger partial charge in [-0.25, -0.2) is 4.79 Å². The van der Waals surface area contributed by atoms with Gasteiger partial charge in [-0.1, -0.05) is 33.8 Å². The highest BCUT2D eigenvalue weighted by Crippen LogP contribution is 2.31. The molecular formula is C19H25NO2. The number of aliphatic carboxylic acids is 1. The second-order valence-electron chi connectivity index (χ2n) is 6.64. The van der Waals surface area contributed by atoms with Crippen molar-refractivity contribution in [2.75, 3.05) is 0 Å². The summed E-state index contributed by atoms with van der Waals surface area (Å²) in [5.74, 6) is 0.211. The van der Waals surface area contributed by atoms with E-state index in [2.05, 4.69) is 56.7 Å². The van der Waals surface area contributed by atoms with E-state index in [0.29, 0.717) is 17.9 Å². The first-order valence-electron chi connectivity index (χ1n) is 7.83. The largest absolute Gasteiger partial charge is 0.478 e. The summed E-state index contributed by atoms with van der Waals surface area (Å²) >= 11 is 0. The highest BCUT2D eigenvalue weighted by molar-refractivity contribution is 5.91. The molecule has 0 bridgehead atoms. The summed E-state index contributed by atoms with van der Waals surface area (Å²) in [4.78, 5) is 10.8. The quantitative estimate of drug-likeness (QED) is 0.791. The van der Waals surface area contributed by atoms with Crippen LogP contribution in [0.15, 0.2) is 36.5 Å². The first kappa shape index (κ1) is 16.3. The number of nitrogens with zero attached hydrogens (tertiary/aromatic N) is 1. The summed E-state index contributed by atoms with van der Waals surface area (Å²) in [5.41, 5.74) is 2.93. The van der Waals surface area contributed by atoms with Gasteiger partial charge in [-0.15, -0.1) is 0 Å². The second-order valence-corrected chi connectivity index (χ2v) is 6.64. The van der Waals surface area contributed by atoms with Gasteiger partial charge in [0.1, 0.15) is 0 Å². The number of hydrogen-bond donors (Lipinski definition) is 1. The molecule has 1 aromatic heterocycles. The molecule has 0 radical (unpaired) electrons. The van der Waals surface area contributed by atoms with Gasteiger partial charge in [-0.2, -0.15) is 0 Å². The Morgan fingerprint density at radius 1 is 1.14 bits per heavy atom. The molecule has 0 unspecified atom stereocenters. The first-order valence-corrected chi connectivity index (χ1v) is 7.83. The van der Waals surface area contributed by atoms with Crippen LogP contribution in [0.5, 0.6) is 0 Å². The second kappa shape index (κ2) is 6.39. The Kier molecular flexibility index (Phi) is 4.74. The summed E-state index contributed by atoms with van der Waals surface area (Å²) in [6, 6.07) is 8.75. The zero-order valence-corrected chi connectivity index (χ0v) is 14.0. The number of rotatable bonds is 5. The molecule has 2 aromatic rings. The van der Waals surface area contributed by atoms with E-state index in [9.17, 15) is 4.79 Å². The average Bonchev–Trinajstić information content (AvgIpc) is 2.80. The molecule has 2 rings (SSSR count). The van der Waals surface area contributed by atoms with Gasteiger partial charge in [0.25, 0.3) is 0 Å². The fourth-order valence-corrected chi connectivity index (χ4v) is 3.35. The number of allylic oxidation sites excluding steroid dienone is 1. The third-order valence-electron chi connectivity index (χ3n) is 4.20. The molecule has 22 heavy (non-hydrogen) atoms. The van der Waals surface area contributed by atoms with Crippen molar-refractivity contribution in [3.63, 3.8) is 0 Å². The SMILES string of the molecule is CC(=CC(=O)O)c1ccc2c(ccn2C(C(C)C)C(C)C)c1. The van der Waals surface area contributed by atoms with Crippen LogP contribution in [0.3, 0.4) is 0 Å². The Hall–Kier alpha value is -2.03. The van der Waals surface area contributed by atoms with Crippen LogP contribution in [-0.2, 0) is 4.79 Å². The summed E-state index contributed by atoms with van der Waals surface area (Å²) in [6.07, 6.45) is 3.40. The van der Waals surface area contributed by atoms with Crippen molar-refractivity contribution in [3.05, 3.63) is 42.1 Å². The van der Waals surface area contributed by atoms with Crippen LogP contribution in [0.1, 0.15) is 46.2 Å². The lowest BCUT2D eigenvalue weighted by atomic mass is 9.93. The lowest BCUT2D eigenvalue weighted by Gasteiger charge is -2.27. The third kappa shape index (κ3) is 3.24. The van der Waals surface area contributed by atoms with Crippen LogP contribution in [0, 0.1) is 11.8 Å². The summed E-state index contributed by atoms with van der Waals surface area (Å²) in [5, 5.41) is 10.0. The Bertz CT molecular complexity index is 699. The molecule has 0 saturated heterocycles. The van der Waals surface area contributed by atoms with Crippen molar-refractivity contribution in [3.8, 4) is 0 Å². The maximum Gasteiger partial charge on any atom is 0.328 e. The van der Waals surface area contributed by atoms with Crippen molar-refractivity contribution >= 4 is 22.4 Å². The molecule has 1 heterocycles. The number of carboxylic acid groups (broad SMARTS) is 1. The summed E-state index contributed by atoms with van der Waals surface area (Å²) < 4.78 is 2.35. The van der Waals surface area contributed by atoms with E-state index in [4.69, 9.17) is 5.11 Å². The van der Waals surface area contributed by atoms with Crippen LogP contribution in [0.2, 0.25) is 0 Å². The highest BCUT2D eigenvalue weighted by Gasteiger charge is 2.20. The Morgan fingerprint density at radius 2 is 1.77 bits per heavy atom. The minimum Gasteiger partial charge on any atom is -0.478 e. The molecule has 0 atom stereocenters. The zero-order valence-electron chi connectivity index (χ0n) is 14.0. The fraction of sp³-hybridized carbons (Fsp3) is 0.421. The summed E-state index contributed by atoms with van der Waals surface area (Å²) in [6.45, 7) is 10.8. The van der Waals surface area contributed by atoms with E-state index in [1.807, 2.05) is 13.0 Å². The van der Waals surface area contributed by atoms with Crippen LogP contribution in [0.4, 0.5) is 0 Å².